The minimum Gasteiger partial charge on any atom is -0.496 e. The second-order valence-electron chi connectivity index (χ2n) is 6.85. The molecule has 1 aliphatic heterocycles. The molecule has 6 nitrogen and oxygen atoms in total. The highest BCUT2D eigenvalue weighted by atomic mass is 32.2. The van der Waals surface area contributed by atoms with Gasteiger partial charge in [-0.05, 0) is 61.2 Å². The van der Waals surface area contributed by atoms with Gasteiger partial charge in [0, 0.05) is 13.1 Å². The molecule has 3 rings (SSSR count). The van der Waals surface area contributed by atoms with Gasteiger partial charge in [0.05, 0.1) is 40.6 Å². The number of hydrogen-bond donors (Lipinski definition) is 3. The predicted molar refractivity (Wildman–Crippen MR) is 108 cm³/mol. The Hall–Kier alpha value is -2.59. The molecule has 1 aliphatic rings. The molecule has 0 radical (unpaired) electrons. The van der Waals surface area contributed by atoms with Crippen LogP contribution in [0.25, 0.3) is 0 Å². The Morgan fingerprint density at radius 1 is 1.27 bits per heavy atom. The van der Waals surface area contributed by atoms with E-state index < -0.39 is 23.8 Å². The molecule has 10 heteroatoms. The number of aliphatic hydroxyl groups excluding tert-OH is 1. The number of benzene rings is 2. The van der Waals surface area contributed by atoms with Crippen LogP contribution in [0.15, 0.2) is 41.3 Å². The number of hydrogen-bond acceptors (Lipinski definition) is 6. The van der Waals surface area contributed by atoms with Crippen molar-refractivity contribution in [3.8, 4) is 5.75 Å². The molecule has 1 fully saturated rings. The average molecular weight is 442 g/mol. The summed E-state index contributed by atoms with van der Waals surface area (Å²) in [5.74, 6) is -0.735. The monoisotopic (exact) mass is 442 g/mol. The van der Waals surface area contributed by atoms with Gasteiger partial charge in [-0.3, -0.25) is 0 Å². The third kappa shape index (κ3) is 5.11. The molecule has 3 N–H and O–H groups in total. The van der Waals surface area contributed by atoms with E-state index in [-0.39, 0.29) is 11.3 Å². The number of nitrogens with zero attached hydrogens (tertiary/aromatic N) is 1. The number of aliphatic hydroxyl groups is 1. The Morgan fingerprint density at radius 2 is 2.03 bits per heavy atom. The van der Waals surface area contributed by atoms with Crippen LogP contribution in [0, 0.1) is 0 Å². The highest BCUT2D eigenvalue weighted by Gasteiger charge is 2.32. The van der Waals surface area contributed by atoms with Crippen molar-refractivity contribution in [2.75, 3.05) is 29.8 Å². The van der Waals surface area contributed by atoms with E-state index in [1.165, 1.54) is 31.4 Å². The van der Waals surface area contributed by atoms with Crippen LogP contribution >= 0.6 is 11.9 Å². The number of piperidine rings is 1. The van der Waals surface area contributed by atoms with E-state index in [1.54, 1.807) is 0 Å². The van der Waals surface area contributed by atoms with Crippen LogP contribution < -0.4 is 14.4 Å². The van der Waals surface area contributed by atoms with Crippen molar-refractivity contribution in [1.29, 1.82) is 0 Å². The molecule has 0 amide bonds. The lowest BCUT2D eigenvalue weighted by Gasteiger charge is -2.33. The van der Waals surface area contributed by atoms with Crippen LogP contribution in [-0.2, 0) is 6.18 Å². The Kier molecular flexibility index (Phi) is 6.67. The van der Waals surface area contributed by atoms with E-state index in [0.29, 0.717) is 35.8 Å². The van der Waals surface area contributed by atoms with E-state index in [4.69, 9.17) is 4.74 Å². The number of aromatic carboxylic acids is 1. The first-order chi connectivity index (χ1) is 14.2. The minimum atomic E-state index is -4.51. The second-order valence-corrected chi connectivity index (χ2v) is 7.69. The van der Waals surface area contributed by atoms with Crippen molar-refractivity contribution < 1.29 is 32.9 Å². The standard InChI is InChI=1S/C20H21F3N2O4S/c1-29-17-7-4-12(19(27)28)9-18(17)30-24-15-10-13(20(21,22)23)5-6-16(15)25-8-2-3-14(26)11-25/h4-7,9-10,14,24,26H,2-3,8,11H2,1H3,(H,27,28). The quantitative estimate of drug-likeness (QED) is 0.569. The molecule has 30 heavy (non-hydrogen) atoms. The lowest BCUT2D eigenvalue weighted by molar-refractivity contribution is -0.137. The van der Waals surface area contributed by atoms with E-state index >= 15 is 0 Å². The fourth-order valence-corrected chi connectivity index (χ4v) is 4.06. The van der Waals surface area contributed by atoms with Crippen LogP contribution in [-0.4, -0.2) is 42.5 Å². The fraction of sp³-hybridized carbons (Fsp3) is 0.350. The van der Waals surface area contributed by atoms with Crippen LogP contribution in [0.2, 0.25) is 0 Å². The van der Waals surface area contributed by atoms with Crippen molar-refractivity contribution in [2.24, 2.45) is 0 Å². The second kappa shape index (κ2) is 9.05. The Balaban J connectivity index is 1.93. The molecular formula is C20H21F3N2O4S. The predicted octanol–water partition coefficient (Wildman–Crippen LogP) is 4.49. The number of carboxylic acid groups (broad SMARTS) is 1. The van der Waals surface area contributed by atoms with E-state index in [1.807, 2.05) is 4.90 Å². The maximum absolute atomic E-state index is 13.3. The van der Waals surface area contributed by atoms with E-state index in [0.717, 1.165) is 30.5 Å². The first-order valence-electron chi connectivity index (χ1n) is 9.17. The van der Waals surface area contributed by atoms with Crippen molar-refractivity contribution in [2.45, 2.75) is 30.0 Å². The zero-order valence-corrected chi connectivity index (χ0v) is 16.9. The molecule has 2 aromatic rings. The number of methoxy groups -OCH3 is 1. The molecule has 162 valence electrons. The van der Waals surface area contributed by atoms with Crippen molar-refractivity contribution in [3.05, 3.63) is 47.5 Å². The largest absolute Gasteiger partial charge is 0.496 e. The molecule has 1 saturated heterocycles. The highest BCUT2D eigenvalue weighted by molar-refractivity contribution is 8.00. The van der Waals surface area contributed by atoms with Crippen molar-refractivity contribution in [1.82, 2.24) is 0 Å². The molecule has 1 atom stereocenters. The highest BCUT2D eigenvalue weighted by Crippen LogP contribution is 2.39. The smallest absolute Gasteiger partial charge is 0.416 e. The number of β-amino-alcohol motifs (C(OH)–C–C–N with tert-alkyl or cyclic N) is 1. The van der Waals surface area contributed by atoms with Gasteiger partial charge >= 0.3 is 12.1 Å². The molecule has 1 heterocycles. The number of ether oxygens (including phenoxy) is 1. The molecule has 1 unspecified atom stereocenters. The topological polar surface area (TPSA) is 82.0 Å². The lowest BCUT2D eigenvalue weighted by atomic mass is 10.1. The van der Waals surface area contributed by atoms with Crippen molar-refractivity contribution in [3.63, 3.8) is 0 Å². The van der Waals surface area contributed by atoms with Crippen molar-refractivity contribution >= 4 is 29.3 Å². The van der Waals surface area contributed by atoms with Crippen LogP contribution in [0.5, 0.6) is 5.75 Å². The number of nitrogens with one attached hydrogen (secondary N) is 1. The average Bonchev–Trinajstić information content (AvgIpc) is 2.71. The Bertz CT molecular complexity index is 923. The molecule has 0 bridgehead atoms. The lowest BCUT2D eigenvalue weighted by Crippen LogP contribution is -2.38. The number of rotatable bonds is 6. The first-order valence-corrected chi connectivity index (χ1v) is 9.99. The minimum absolute atomic E-state index is 0.0310. The summed E-state index contributed by atoms with van der Waals surface area (Å²) in [6.07, 6.45) is -3.69. The van der Waals surface area contributed by atoms with Gasteiger partial charge < -0.3 is 24.6 Å². The summed E-state index contributed by atoms with van der Waals surface area (Å²) in [4.78, 5) is 13.5. The van der Waals surface area contributed by atoms with E-state index in [9.17, 15) is 28.2 Å². The summed E-state index contributed by atoms with van der Waals surface area (Å²) in [5.41, 5.74) is -0.0315. The maximum atomic E-state index is 13.3. The summed E-state index contributed by atoms with van der Waals surface area (Å²) < 4.78 is 47.9. The zero-order chi connectivity index (χ0) is 21.9. The Morgan fingerprint density at radius 3 is 2.67 bits per heavy atom. The summed E-state index contributed by atoms with van der Waals surface area (Å²) in [6, 6.07) is 7.66. The van der Waals surface area contributed by atoms with Crippen LogP contribution in [0.1, 0.15) is 28.8 Å². The number of alkyl halides is 3. The van der Waals surface area contributed by atoms with Gasteiger partial charge in [-0.15, -0.1) is 0 Å². The molecular weight excluding hydrogens is 421 g/mol. The molecule has 0 aliphatic carbocycles. The fourth-order valence-electron chi connectivity index (χ4n) is 3.24. The van der Waals surface area contributed by atoms with Gasteiger partial charge in [0.15, 0.2) is 0 Å². The summed E-state index contributed by atoms with van der Waals surface area (Å²) in [5, 5.41) is 19.2. The van der Waals surface area contributed by atoms with Crippen LogP contribution in [0.4, 0.5) is 24.5 Å². The third-order valence-corrected chi connectivity index (χ3v) is 5.60. The molecule has 0 spiro atoms. The van der Waals surface area contributed by atoms with Gasteiger partial charge in [-0.25, -0.2) is 4.79 Å². The zero-order valence-electron chi connectivity index (χ0n) is 16.1. The normalized spacial score (nSPS) is 17.0. The molecule has 0 aromatic heterocycles. The van der Waals surface area contributed by atoms with Gasteiger partial charge in [0.2, 0.25) is 0 Å². The van der Waals surface area contributed by atoms with Gasteiger partial charge in [0.1, 0.15) is 5.75 Å². The van der Waals surface area contributed by atoms with E-state index in [2.05, 4.69) is 4.72 Å². The number of anilines is 2. The van der Waals surface area contributed by atoms with Gasteiger partial charge in [0.25, 0.3) is 0 Å². The van der Waals surface area contributed by atoms with Gasteiger partial charge in [-0.1, -0.05) is 0 Å². The summed E-state index contributed by atoms with van der Waals surface area (Å²) in [6.45, 7) is 0.933. The molecule has 0 saturated carbocycles. The van der Waals surface area contributed by atoms with Crippen LogP contribution in [0.3, 0.4) is 0 Å². The first kappa shape index (κ1) is 22.1. The molecule has 2 aromatic carbocycles. The Labute approximate surface area is 175 Å². The maximum Gasteiger partial charge on any atom is 0.416 e. The SMILES string of the molecule is COc1ccc(C(=O)O)cc1SNc1cc(C(F)(F)F)ccc1N1CCCC(O)C1. The number of carboxylic acids is 1. The third-order valence-electron chi connectivity index (χ3n) is 4.74. The number of halogens is 3. The summed E-state index contributed by atoms with van der Waals surface area (Å²) >= 11 is 0.960. The number of carbonyl (C=O) groups is 1. The summed E-state index contributed by atoms with van der Waals surface area (Å²) in [7, 11) is 1.42. The van der Waals surface area contributed by atoms with Gasteiger partial charge in [-0.2, -0.15) is 13.2 Å².